The smallest absolute Gasteiger partial charge is 0.209 e. The molecule has 0 aromatic rings. The Bertz CT molecular complexity index is 337. The van der Waals surface area contributed by atoms with Gasteiger partial charge in [-0.1, -0.05) is 19.3 Å². The molecule has 0 saturated heterocycles. The minimum atomic E-state index is -3.43. The highest BCUT2D eigenvalue weighted by atomic mass is 32.2. The molecule has 5 heteroatoms. The predicted molar refractivity (Wildman–Crippen MR) is 69.2 cm³/mol. The molecule has 1 fully saturated rings. The van der Waals surface area contributed by atoms with Crippen LogP contribution in [0.5, 0.6) is 0 Å². The Morgan fingerprint density at radius 1 is 1.18 bits per heavy atom. The van der Waals surface area contributed by atoms with Crippen LogP contribution in [-0.4, -0.2) is 26.4 Å². The lowest BCUT2D eigenvalue weighted by Crippen LogP contribution is -2.41. The monoisotopic (exact) mass is 263 g/mol. The number of rotatable bonds is 4. The molecular formula is C12H25NO3S. The Labute approximate surface area is 105 Å². The zero-order valence-electron chi connectivity index (χ0n) is 11.2. The van der Waals surface area contributed by atoms with E-state index < -0.39 is 10.0 Å². The van der Waals surface area contributed by atoms with Gasteiger partial charge in [0.15, 0.2) is 0 Å². The fourth-order valence-electron chi connectivity index (χ4n) is 2.43. The van der Waals surface area contributed by atoms with E-state index in [1.165, 1.54) is 6.42 Å². The van der Waals surface area contributed by atoms with Crippen LogP contribution in [0.15, 0.2) is 0 Å². The largest absolute Gasteiger partial charge is 0.375 e. The first-order valence-electron chi connectivity index (χ1n) is 6.26. The lowest BCUT2D eigenvalue weighted by atomic mass is 9.76. The van der Waals surface area contributed by atoms with Crippen LogP contribution in [-0.2, 0) is 14.8 Å². The van der Waals surface area contributed by atoms with E-state index in [4.69, 9.17) is 9.88 Å². The van der Waals surface area contributed by atoms with Crippen LogP contribution in [0.3, 0.4) is 0 Å². The summed E-state index contributed by atoms with van der Waals surface area (Å²) in [7, 11) is -3.43. The van der Waals surface area contributed by atoms with Crippen molar-refractivity contribution in [2.24, 2.45) is 10.6 Å². The van der Waals surface area contributed by atoms with Crippen molar-refractivity contribution in [3.8, 4) is 0 Å². The third-order valence-electron chi connectivity index (χ3n) is 3.23. The van der Waals surface area contributed by atoms with Crippen molar-refractivity contribution < 1.29 is 13.2 Å². The van der Waals surface area contributed by atoms with Gasteiger partial charge in [-0.05, 0) is 33.6 Å². The summed E-state index contributed by atoms with van der Waals surface area (Å²) < 4.78 is 28.5. The van der Waals surface area contributed by atoms with Gasteiger partial charge in [0.1, 0.15) is 0 Å². The molecular weight excluding hydrogens is 238 g/mol. The molecule has 0 aromatic carbocycles. The highest BCUT2D eigenvalue weighted by Gasteiger charge is 2.37. The molecule has 0 unspecified atom stereocenters. The maximum absolute atomic E-state index is 11.4. The average molecular weight is 263 g/mol. The normalized spacial score (nSPS) is 21.4. The SMILES string of the molecule is CC(C)(C)OCC1(CS(N)(=O)=O)CCCCC1. The molecule has 0 radical (unpaired) electrons. The number of sulfonamides is 1. The zero-order valence-corrected chi connectivity index (χ0v) is 12.0. The van der Waals surface area contributed by atoms with Crippen LogP contribution in [0.1, 0.15) is 52.9 Å². The fraction of sp³-hybridized carbons (Fsp3) is 1.00. The van der Waals surface area contributed by atoms with E-state index in [0.717, 1.165) is 25.7 Å². The summed E-state index contributed by atoms with van der Waals surface area (Å²) in [6, 6.07) is 0. The van der Waals surface area contributed by atoms with E-state index in [9.17, 15) is 8.42 Å². The molecule has 0 bridgehead atoms. The molecule has 0 heterocycles. The van der Waals surface area contributed by atoms with Crippen molar-refractivity contribution in [2.45, 2.75) is 58.5 Å². The summed E-state index contributed by atoms with van der Waals surface area (Å²) in [5, 5.41) is 5.21. The van der Waals surface area contributed by atoms with E-state index >= 15 is 0 Å². The third-order valence-corrected chi connectivity index (χ3v) is 4.25. The second-order valence-electron chi connectivity index (χ2n) is 6.27. The zero-order chi connectivity index (χ0) is 13.2. The van der Waals surface area contributed by atoms with E-state index in [1.807, 2.05) is 20.8 Å². The molecule has 1 aliphatic carbocycles. The van der Waals surface area contributed by atoms with Crippen LogP contribution >= 0.6 is 0 Å². The molecule has 102 valence electrons. The highest BCUT2D eigenvalue weighted by molar-refractivity contribution is 7.89. The van der Waals surface area contributed by atoms with Gasteiger partial charge < -0.3 is 4.74 Å². The number of hydrogen-bond donors (Lipinski definition) is 1. The molecule has 0 aliphatic heterocycles. The molecule has 0 amide bonds. The van der Waals surface area contributed by atoms with Gasteiger partial charge in [-0.25, -0.2) is 13.6 Å². The Hall–Kier alpha value is -0.130. The van der Waals surface area contributed by atoms with Crippen molar-refractivity contribution in [3.63, 3.8) is 0 Å². The maximum atomic E-state index is 11.4. The van der Waals surface area contributed by atoms with Gasteiger partial charge >= 0.3 is 0 Å². The molecule has 17 heavy (non-hydrogen) atoms. The van der Waals surface area contributed by atoms with Gasteiger partial charge in [-0.15, -0.1) is 0 Å². The van der Waals surface area contributed by atoms with Crippen molar-refractivity contribution >= 4 is 10.0 Å². The molecule has 1 aliphatic rings. The standard InChI is InChI=1S/C12H25NO3S/c1-11(2,3)16-9-12(10-17(13,14)15)7-5-4-6-8-12/h4-10H2,1-3H3,(H2,13,14,15). The summed E-state index contributed by atoms with van der Waals surface area (Å²) in [6.07, 6.45) is 5.13. The maximum Gasteiger partial charge on any atom is 0.209 e. The Kier molecular flexibility index (Phi) is 4.60. The van der Waals surface area contributed by atoms with Crippen LogP contribution in [0.4, 0.5) is 0 Å². The van der Waals surface area contributed by atoms with Gasteiger partial charge in [0.25, 0.3) is 0 Å². The number of hydrogen-bond acceptors (Lipinski definition) is 3. The Balaban J connectivity index is 2.72. The van der Waals surface area contributed by atoms with E-state index in [1.54, 1.807) is 0 Å². The summed E-state index contributed by atoms with van der Waals surface area (Å²) in [5.74, 6) is 0.0517. The fourth-order valence-corrected chi connectivity index (χ4v) is 3.65. The van der Waals surface area contributed by atoms with Crippen molar-refractivity contribution in [2.75, 3.05) is 12.4 Å². The van der Waals surface area contributed by atoms with Crippen molar-refractivity contribution in [3.05, 3.63) is 0 Å². The van der Waals surface area contributed by atoms with E-state index in [0.29, 0.717) is 6.61 Å². The summed E-state index contributed by atoms with van der Waals surface area (Å²) in [4.78, 5) is 0. The second kappa shape index (κ2) is 5.24. The van der Waals surface area contributed by atoms with Crippen LogP contribution < -0.4 is 5.14 Å². The first-order chi connectivity index (χ1) is 7.62. The summed E-state index contributed by atoms with van der Waals surface area (Å²) >= 11 is 0. The average Bonchev–Trinajstić information content (AvgIpc) is 2.13. The Morgan fingerprint density at radius 3 is 2.12 bits per heavy atom. The highest BCUT2D eigenvalue weighted by Crippen LogP contribution is 2.38. The van der Waals surface area contributed by atoms with E-state index in [2.05, 4.69) is 0 Å². The quantitative estimate of drug-likeness (QED) is 0.844. The molecule has 0 spiro atoms. The molecule has 0 atom stereocenters. The van der Waals surface area contributed by atoms with Gasteiger partial charge in [0, 0.05) is 5.41 Å². The van der Waals surface area contributed by atoms with Crippen LogP contribution in [0, 0.1) is 5.41 Å². The minimum Gasteiger partial charge on any atom is -0.375 e. The lowest BCUT2D eigenvalue weighted by Gasteiger charge is -2.38. The van der Waals surface area contributed by atoms with Crippen molar-refractivity contribution in [1.29, 1.82) is 0 Å². The Morgan fingerprint density at radius 2 is 1.71 bits per heavy atom. The molecule has 1 rings (SSSR count). The number of ether oxygens (including phenoxy) is 1. The molecule has 4 nitrogen and oxygen atoms in total. The number of primary sulfonamides is 1. The minimum absolute atomic E-state index is 0.0517. The predicted octanol–water partition coefficient (Wildman–Crippen LogP) is 2.04. The molecule has 0 aromatic heterocycles. The third kappa shape index (κ3) is 5.84. The molecule has 1 saturated carbocycles. The van der Waals surface area contributed by atoms with Crippen LogP contribution in [0.2, 0.25) is 0 Å². The number of nitrogens with two attached hydrogens (primary N) is 1. The van der Waals surface area contributed by atoms with Gasteiger partial charge in [-0.3, -0.25) is 0 Å². The van der Waals surface area contributed by atoms with Crippen molar-refractivity contribution in [1.82, 2.24) is 0 Å². The summed E-state index contributed by atoms with van der Waals surface area (Å²) in [5.41, 5.74) is -0.498. The molecule has 2 N–H and O–H groups in total. The first-order valence-corrected chi connectivity index (χ1v) is 7.98. The second-order valence-corrected chi connectivity index (χ2v) is 7.88. The lowest BCUT2D eigenvalue weighted by molar-refractivity contribution is -0.0562. The first kappa shape index (κ1) is 14.9. The van der Waals surface area contributed by atoms with Gasteiger partial charge in [0.2, 0.25) is 10.0 Å². The summed E-state index contributed by atoms with van der Waals surface area (Å²) in [6.45, 7) is 6.45. The van der Waals surface area contributed by atoms with E-state index in [-0.39, 0.29) is 16.8 Å². The van der Waals surface area contributed by atoms with Gasteiger partial charge in [0.05, 0.1) is 18.0 Å². The van der Waals surface area contributed by atoms with Crippen LogP contribution in [0.25, 0.3) is 0 Å². The van der Waals surface area contributed by atoms with Gasteiger partial charge in [-0.2, -0.15) is 0 Å². The topological polar surface area (TPSA) is 69.4 Å².